The van der Waals surface area contributed by atoms with E-state index in [9.17, 15) is 10.1 Å². The van der Waals surface area contributed by atoms with E-state index in [1.165, 1.54) is 0 Å². The Hall–Kier alpha value is -2.31. The van der Waals surface area contributed by atoms with Crippen molar-refractivity contribution in [3.8, 4) is 11.5 Å². The van der Waals surface area contributed by atoms with E-state index in [0.29, 0.717) is 11.5 Å². The van der Waals surface area contributed by atoms with Gasteiger partial charge in [0.25, 0.3) is 6.54 Å². The minimum absolute atomic E-state index is 0.00710. The zero-order valence-electron chi connectivity index (χ0n) is 8.96. The highest BCUT2D eigenvalue weighted by Crippen LogP contribution is 2.32. The summed E-state index contributed by atoms with van der Waals surface area (Å²) in [6, 6.07) is 5.37. The van der Waals surface area contributed by atoms with Crippen molar-refractivity contribution in [2.45, 2.75) is 6.54 Å². The topological polar surface area (TPSA) is 100.0 Å². The van der Waals surface area contributed by atoms with Crippen LogP contribution in [-0.2, 0) is 6.54 Å². The molecule has 0 atom stereocenters. The van der Waals surface area contributed by atoms with Crippen molar-refractivity contribution < 1.29 is 14.4 Å². The van der Waals surface area contributed by atoms with Gasteiger partial charge in [-0.3, -0.25) is 15.1 Å². The first-order valence-corrected chi connectivity index (χ1v) is 4.94. The molecule has 1 aliphatic heterocycles. The molecule has 0 aliphatic carbocycles. The maximum Gasteiger partial charge on any atom is 0.259 e. The van der Waals surface area contributed by atoms with Crippen molar-refractivity contribution in [2.24, 2.45) is 10.7 Å². The lowest BCUT2D eigenvalue weighted by molar-refractivity contribution is -0.463. The van der Waals surface area contributed by atoms with Gasteiger partial charge in [0.15, 0.2) is 17.3 Å². The van der Waals surface area contributed by atoms with Crippen molar-refractivity contribution in [3.63, 3.8) is 0 Å². The average Bonchev–Trinajstić information content (AvgIpc) is 2.72. The van der Waals surface area contributed by atoms with Gasteiger partial charge in [-0.05, 0) is 17.7 Å². The fraction of sp³-hybridized carbons (Fsp3) is 0.300. The lowest BCUT2D eigenvalue weighted by atomic mass is 10.2. The zero-order chi connectivity index (χ0) is 12.3. The predicted octanol–water partition coefficient (Wildman–Crippen LogP) is 0.549. The van der Waals surface area contributed by atoms with E-state index in [-0.39, 0.29) is 19.2 Å². The van der Waals surface area contributed by atoms with Crippen LogP contribution in [0.4, 0.5) is 0 Å². The molecular weight excluding hydrogens is 226 g/mol. The third-order valence-electron chi connectivity index (χ3n) is 2.19. The first kappa shape index (κ1) is 11.2. The van der Waals surface area contributed by atoms with Crippen LogP contribution in [0.3, 0.4) is 0 Å². The number of aliphatic imine (C=N–C) groups is 1. The maximum atomic E-state index is 10.2. The molecule has 0 fully saturated rings. The van der Waals surface area contributed by atoms with Gasteiger partial charge in [0.2, 0.25) is 6.79 Å². The molecule has 1 aliphatic rings. The molecule has 0 spiro atoms. The van der Waals surface area contributed by atoms with Crippen LogP contribution in [0.25, 0.3) is 0 Å². The van der Waals surface area contributed by atoms with Gasteiger partial charge in [-0.15, -0.1) is 0 Å². The summed E-state index contributed by atoms with van der Waals surface area (Å²) >= 11 is 0. The molecular formula is C10H11N3O4. The molecule has 1 aromatic rings. The number of nitro groups is 1. The Morgan fingerprint density at radius 2 is 2.24 bits per heavy atom. The number of amidine groups is 1. The van der Waals surface area contributed by atoms with E-state index in [1.807, 2.05) is 6.07 Å². The third-order valence-corrected chi connectivity index (χ3v) is 2.19. The van der Waals surface area contributed by atoms with Crippen molar-refractivity contribution in [1.29, 1.82) is 0 Å². The molecule has 0 radical (unpaired) electrons. The van der Waals surface area contributed by atoms with Gasteiger partial charge in [-0.25, -0.2) is 0 Å². The minimum Gasteiger partial charge on any atom is -0.454 e. The maximum absolute atomic E-state index is 10.2. The number of nitrogens with two attached hydrogens (primary N) is 1. The van der Waals surface area contributed by atoms with Gasteiger partial charge < -0.3 is 15.2 Å². The highest BCUT2D eigenvalue weighted by Gasteiger charge is 2.12. The normalized spacial score (nSPS) is 13.8. The van der Waals surface area contributed by atoms with Crippen LogP contribution in [-0.4, -0.2) is 24.1 Å². The molecule has 90 valence electrons. The Morgan fingerprint density at radius 3 is 3.00 bits per heavy atom. The van der Waals surface area contributed by atoms with Crippen molar-refractivity contribution in [1.82, 2.24) is 0 Å². The number of fused-ring (bicyclic) bond motifs is 1. The second-order valence-electron chi connectivity index (χ2n) is 3.49. The van der Waals surface area contributed by atoms with Crippen LogP contribution in [0, 0.1) is 10.1 Å². The van der Waals surface area contributed by atoms with E-state index in [2.05, 4.69) is 4.99 Å². The first-order valence-electron chi connectivity index (χ1n) is 4.94. The molecule has 0 aromatic heterocycles. The van der Waals surface area contributed by atoms with Gasteiger partial charge in [-0.2, -0.15) is 0 Å². The van der Waals surface area contributed by atoms with Gasteiger partial charge in [0, 0.05) is 4.92 Å². The molecule has 0 unspecified atom stereocenters. The van der Waals surface area contributed by atoms with Gasteiger partial charge >= 0.3 is 0 Å². The summed E-state index contributed by atoms with van der Waals surface area (Å²) in [6.07, 6.45) is 0. The molecule has 2 N–H and O–H groups in total. The second-order valence-corrected chi connectivity index (χ2v) is 3.49. The largest absolute Gasteiger partial charge is 0.454 e. The number of benzene rings is 1. The summed E-state index contributed by atoms with van der Waals surface area (Å²) < 4.78 is 10.4. The van der Waals surface area contributed by atoms with Crippen molar-refractivity contribution >= 4 is 5.84 Å². The minimum atomic E-state index is -0.515. The molecule has 17 heavy (non-hydrogen) atoms. The quantitative estimate of drug-likeness (QED) is 0.356. The number of nitrogens with zero attached hydrogens (tertiary/aromatic N) is 2. The summed E-state index contributed by atoms with van der Waals surface area (Å²) in [4.78, 5) is 13.6. The molecule has 0 saturated carbocycles. The van der Waals surface area contributed by atoms with E-state index in [1.54, 1.807) is 12.1 Å². The summed E-state index contributed by atoms with van der Waals surface area (Å²) in [5, 5.41) is 10.2. The molecule has 0 bridgehead atoms. The number of ether oxygens (including phenoxy) is 2. The van der Waals surface area contributed by atoms with Crippen molar-refractivity contribution in [3.05, 3.63) is 33.9 Å². The summed E-state index contributed by atoms with van der Waals surface area (Å²) in [6.45, 7) is 0.0619. The number of rotatable bonds is 4. The van der Waals surface area contributed by atoms with E-state index < -0.39 is 11.5 Å². The fourth-order valence-electron chi connectivity index (χ4n) is 1.41. The summed E-state index contributed by atoms with van der Waals surface area (Å²) in [5.41, 5.74) is 6.25. The highest BCUT2D eigenvalue weighted by atomic mass is 16.7. The molecule has 7 nitrogen and oxygen atoms in total. The highest BCUT2D eigenvalue weighted by molar-refractivity contribution is 5.81. The average molecular weight is 237 g/mol. The Balaban J connectivity index is 2.02. The molecule has 1 aromatic carbocycles. The third kappa shape index (κ3) is 2.83. The standard InChI is InChI=1S/C10H11N3O4/c11-10(5-13(14)15)12-4-7-1-2-8-9(3-7)17-6-16-8/h1-3H,4-6H2,(H2,11,12). The molecule has 0 amide bonds. The number of hydrogen-bond acceptors (Lipinski definition) is 5. The van der Waals surface area contributed by atoms with Gasteiger partial charge in [0.1, 0.15) is 0 Å². The Morgan fingerprint density at radius 1 is 1.47 bits per heavy atom. The fourth-order valence-corrected chi connectivity index (χ4v) is 1.41. The van der Waals surface area contributed by atoms with Crippen LogP contribution in [0.2, 0.25) is 0 Å². The Bertz CT molecular complexity index is 473. The smallest absolute Gasteiger partial charge is 0.259 e. The number of hydrogen-bond donors (Lipinski definition) is 1. The Kier molecular flexibility index (Phi) is 3.08. The van der Waals surface area contributed by atoms with E-state index in [0.717, 1.165) is 5.56 Å². The van der Waals surface area contributed by atoms with Crippen LogP contribution < -0.4 is 15.2 Å². The zero-order valence-corrected chi connectivity index (χ0v) is 8.96. The SMILES string of the molecule is NC(C[N+](=O)[O-])=NCc1ccc2c(c1)OCO2. The second kappa shape index (κ2) is 4.69. The molecule has 2 rings (SSSR count). The molecule has 1 heterocycles. The monoisotopic (exact) mass is 237 g/mol. The van der Waals surface area contributed by atoms with E-state index >= 15 is 0 Å². The lowest BCUT2D eigenvalue weighted by Crippen LogP contribution is -2.22. The predicted molar refractivity (Wildman–Crippen MR) is 59.8 cm³/mol. The Labute approximate surface area is 97.0 Å². The van der Waals surface area contributed by atoms with Crippen LogP contribution in [0.15, 0.2) is 23.2 Å². The van der Waals surface area contributed by atoms with Gasteiger partial charge in [-0.1, -0.05) is 6.07 Å². The van der Waals surface area contributed by atoms with Crippen LogP contribution in [0.5, 0.6) is 11.5 Å². The van der Waals surface area contributed by atoms with Crippen LogP contribution >= 0.6 is 0 Å². The van der Waals surface area contributed by atoms with Crippen LogP contribution in [0.1, 0.15) is 5.56 Å². The summed E-state index contributed by atoms with van der Waals surface area (Å²) in [7, 11) is 0. The summed E-state index contributed by atoms with van der Waals surface area (Å²) in [5.74, 6) is 1.36. The van der Waals surface area contributed by atoms with Gasteiger partial charge in [0.05, 0.1) is 6.54 Å². The first-order chi connectivity index (χ1) is 8.15. The molecule has 0 saturated heterocycles. The van der Waals surface area contributed by atoms with E-state index in [4.69, 9.17) is 15.2 Å². The molecule has 7 heteroatoms. The lowest BCUT2D eigenvalue weighted by Gasteiger charge is -2.00. The van der Waals surface area contributed by atoms with Crippen molar-refractivity contribution in [2.75, 3.05) is 13.3 Å².